The van der Waals surface area contributed by atoms with E-state index in [1.165, 1.54) is 11.3 Å². The summed E-state index contributed by atoms with van der Waals surface area (Å²) >= 11 is 3.08. The molecule has 0 N–H and O–H groups in total. The Kier molecular flexibility index (Phi) is 10.1. The van der Waals surface area contributed by atoms with E-state index < -0.39 is 10.0 Å². The maximum atomic E-state index is 13.9. The molecule has 0 aliphatic heterocycles. The molecule has 206 valence electrons. The van der Waals surface area contributed by atoms with Gasteiger partial charge in [0.1, 0.15) is 0 Å². The number of hydrogen-bond acceptors (Lipinski definition) is 7. The van der Waals surface area contributed by atoms with Gasteiger partial charge in [-0.15, -0.1) is 11.8 Å². The summed E-state index contributed by atoms with van der Waals surface area (Å²) in [6.45, 7) is 5.39. The van der Waals surface area contributed by atoms with Crippen LogP contribution in [0.4, 0.5) is 5.13 Å². The van der Waals surface area contributed by atoms with Gasteiger partial charge in [-0.3, -0.25) is 14.7 Å². The van der Waals surface area contributed by atoms with E-state index in [4.69, 9.17) is 4.98 Å². The number of amides is 1. The van der Waals surface area contributed by atoms with Crippen molar-refractivity contribution in [3.8, 4) is 0 Å². The quantitative estimate of drug-likeness (QED) is 0.160. The number of fused-ring (bicyclic) bond motifs is 1. The molecule has 4 rings (SSSR count). The summed E-state index contributed by atoms with van der Waals surface area (Å²) < 4.78 is 29.4. The Hall–Kier alpha value is -2.79. The zero-order valence-electron chi connectivity index (χ0n) is 22.5. The summed E-state index contributed by atoms with van der Waals surface area (Å²) in [4.78, 5) is 25.8. The van der Waals surface area contributed by atoms with Crippen molar-refractivity contribution in [2.24, 2.45) is 0 Å². The third kappa shape index (κ3) is 6.87. The molecule has 2 aromatic heterocycles. The molecule has 0 spiro atoms. The van der Waals surface area contributed by atoms with E-state index in [0.717, 1.165) is 46.4 Å². The van der Waals surface area contributed by atoms with Crippen molar-refractivity contribution in [1.82, 2.24) is 14.3 Å². The van der Waals surface area contributed by atoms with Gasteiger partial charge in [0.05, 0.1) is 21.7 Å². The molecule has 0 bridgehead atoms. The standard InChI is InChI=1S/C29H34N4O3S3/c1-4-6-18-32(19-7-5-2)39(35,36)24-15-13-23(14-16-24)28(34)33(21-22-10-9-17-30-20-22)29-31-27-25(37-3)11-8-12-26(27)38-29/h8-17,20H,4-7,18-19,21H2,1-3H3. The van der Waals surface area contributed by atoms with Crippen molar-refractivity contribution in [2.45, 2.75) is 55.9 Å². The molecular weight excluding hydrogens is 549 g/mol. The predicted molar refractivity (Wildman–Crippen MR) is 161 cm³/mol. The van der Waals surface area contributed by atoms with Crippen LogP contribution in [0.1, 0.15) is 55.5 Å². The highest BCUT2D eigenvalue weighted by atomic mass is 32.2. The van der Waals surface area contributed by atoms with E-state index in [1.54, 1.807) is 57.6 Å². The minimum atomic E-state index is -3.65. The van der Waals surface area contributed by atoms with Gasteiger partial charge in [0.2, 0.25) is 10.0 Å². The lowest BCUT2D eigenvalue weighted by molar-refractivity contribution is 0.0985. The summed E-state index contributed by atoms with van der Waals surface area (Å²) in [5, 5.41) is 0.586. The Bertz CT molecular complexity index is 1480. The Labute approximate surface area is 239 Å². The van der Waals surface area contributed by atoms with Crippen molar-refractivity contribution in [3.63, 3.8) is 0 Å². The van der Waals surface area contributed by atoms with Crippen LogP contribution in [0.2, 0.25) is 0 Å². The van der Waals surface area contributed by atoms with E-state index in [-0.39, 0.29) is 10.8 Å². The number of anilines is 1. The van der Waals surface area contributed by atoms with Crippen molar-refractivity contribution >= 4 is 54.4 Å². The lowest BCUT2D eigenvalue weighted by atomic mass is 10.2. The first-order chi connectivity index (χ1) is 18.9. The number of carbonyl (C=O) groups excluding carboxylic acids is 1. The van der Waals surface area contributed by atoms with Crippen LogP contribution in [-0.2, 0) is 16.6 Å². The second-order valence-electron chi connectivity index (χ2n) is 9.19. The van der Waals surface area contributed by atoms with Gasteiger partial charge >= 0.3 is 0 Å². The Balaban J connectivity index is 1.66. The summed E-state index contributed by atoms with van der Waals surface area (Å²) in [6, 6.07) is 16.1. The number of hydrogen-bond donors (Lipinski definition) is 0. The number of thiazole rings is 1. The first-order valence-corrected chi connectivity index (χ1v) is 16.6. The molecule has 39 heavy (non-hydrogen) atoms. The van der Waals surface area contributed by atoms with E-state index in [2.05, 4.69) is 18.8 Å². The zero-order valence-corrected chi connectivity index (χ0v) is 25.0. The molecule has 0 radical (unpaired) electrons. The number of nitrogens with zero attached hydrogens (tertiary/aromatic N) is 4. The van der Waals surface area contributed by atoms with Crippen molar-refractivity contribution in [2.75, 3.05) is 24.2 Å². The first kappa shape index (κ1) is 29.2. The van der Waals surface area contributed by atoms with Gasteiger partial charge in [-0.05, 0) is 67.1 Å². The lowest BCUT2D eigenvalue weighted by Crippen LogP contribution is -2.33. The molecule has 4 aromatic rings. The maximum absolute atomic E-state index is 13.9. The third-order valence-electron chi connectivity index (χ3n) is 6.39. The molecule has 2 heterocycles. The van der Waals surface area contributed by atoms with E-state index >= 15 is 0 Å². The normalized spacial score (nSPS) is 11.8. The smallest absolute Gasteiger partial charge is 0.260 e. The van der Waals surface area contributed by atoms with Gasteiger partial charge < -0.3 is 0 Å². The van der Waals surface area contributed by atoms with Gasteiger partial charge in [0.25, 0.3) is 5.91 Å². The lowest BCUT2D eigenvalue weighted by Gasteiger charge is -2.22. The van der Waals surface area contributed by atoms with Gasteiger partial charge in [0, 0.05) is 35.9 Å². The van der Waals surface area contributed by atoms with Gasteiger partial charge in [0.15, 0.2) is 5.13 Å². The van der Waals surface area contributed by atoms with E-state index in [9.17, 15) is 13.2 Å². The molecule has 0 saturated heterocycles. The minimum Gasteiger partial charge on any atom is -0.279 e. The van der Waals surface area contributed by atoms with E-state index in [1.807, 2.05) is 36.6 Å². The van der Waals surface area contributed by atoms with Crippen LogP contribution in [-0.4, -0.2) is 47.9 Å². The molecule has 0 fully saturated rings. The van der Waals surface area contributed by atoms with Gasteiger partial charge in [-0.2, -0.15) is 4.31 Å². The number of unbranched alkanes of at least 4 members (excludes halogenated alkanes) is 2. The zero-order chi connectivity index (χ0) is 27.8. The highest BCUT2D eigenvalue weighted by molar-refractivity contribution is 7.98. The summed E-state index contributed by atoms with van der Waals surface area (Å²) in [7, 11) is -3.65. The summed E-state index contributed by atoms with van der Waals surface area (Å²) in [5.41, 5.74) is 2.14. The number of pyridine rings is 1. The minimum absolute atomic E-state index is 0.203. The molecule has 7 nitrogen and oxygen atoms in total. The highest BCUT2D eigenvalue weighted by Gasteiger charge is 2.26. The van der Waals surface area contributed by atoms with Crippen molar-refractivity contribution in [3.05, 3.63) is 78.1 Å². The van der Waals surface area contributed by atoms with Crippen LogP contribution >= 0.6 is 23.1 Å². The molecule has 1 amide bonds. The molecule has 0 saturated carbocycles. The highest BCUT2D eigenvalue weighted by Crippen LogP contribution is 2.35. The molecule has 10 heteroatoms. The topological polar surface area (TPSA) is 83.5 Å². The fraction of sp³-hybridized carbons (Fsp3) is 0.345. The van der Waals surface area contributed by atoms with E-state index in [0.29, 0.717) is 30.3 Å². The van der Waals surface area contributed by atoms with Crippen molar-refractivity contribution < 1.29 is 13.2 Å². The summed E-state index contributed by atoms with van der Waals surface area (Å²) in [6.07, 6.45) is 8.89. The number of aromatic nitrogens is 2. The number of sulfonamides is 1. The second-order valence-corrected chi connectivity index (χ2v) is 13.0. The van der Waals surface area contributed by atoms with Crippen LogP contribution in [0.25, 0.3) is 10.2 Å². The fourth-order valence-corrected chi connectivity index (χ4v) is 7.32. The monoisotopic (exact) mass is 582 g/mol. The molecular formula is C29H34N4O3S3. The Morgan fingerprint density at radius 2 is 1.69 bits per heavy atom. The number of para-hydroxylation sites is 1. The molecule has 0 aliphatic carbocycles. The SMILES string of the molecule is CCCCN(CCCC)S(=O)(=O)c1ccc(C(=O)N(Cc2cccnc2)c2nc3c(SC)cccc3s2)cc1. The Morgan fingerprint density at radius 1 is 0.974 bits per heavy atom. The molecule has 0 atom stereocenters. The average Bonchev–Trinajstić information content (AvgIpc) is 3.40. The predicted octanol–water partition coefficient (Wildman–Crippen LogP) is 6.85. The van der Waals surface area contributed by atoms with Gasteiger partial charge in [-0.1, -0.05) is 50.2 Å². The molecule has 0 unspecified atom stereocenters. The van der Waals surface area contributed by atoms with Crippen LogP contribution in [0.15, 0.2) is 76.8 Å². The molecule has 0 aliphatic rings. The van der Waals surface area contributed by atoms with Crippen LogP contribution in [0.5, 0.6) is 0 Å². The number of carbonyl (C=O) groups is 1. The Morgan fingerprint density at radius 3 is 2.31 bits per heavy atom. The largest absolute Gasteiger partial charge is 0.279 e. The van der Waals surface area contributed by atoms with Crippen molar-refractivity contribution in [1.29, 1.82) is 0 Å². The molecule has 2 aromatic carbocycles. The third-order valence-corrected chi connectivity index (χ3v) is 10.1. The number of benzene rings is 2. The number of rotatable bonds is 13. The van der Waals surface area contributed by atoms with Gasteiger partial charge in [-0.25, -0.2) is 13.4 Å². The fourth-order valence-electron chi connectivity index (χ4n) is 4.19. The summed E-state index contributed by atoms with van der Waals surface area (Å²) in [5.74, 6) is -0.249. The number of thioether (sulfide) groups is 1. The van der Waals surface area contributed by atoms with Crippen LogP contribution in [0.3, 0.4) is 0 Å². The second kappa shape index (κ2) is 13.5. The van der Waals surface area contributed by atoms with Crippen LogP contribution < -0.4 is 4.90 Å². The average molecular weight is 583 g/mol. The van der Waals surface area contributed by atoms with Crippen LogP contribution in [0, 0.1) is 0 Å². The maximum Gasteiger partial charge on any atom is 0.260 e. The first-order valence-electron chi connectivity index (χ1n) is 13.1.